The Labute approximate surface area is 102 Å². The van der Waals surface area contributed by atoms with E-state index in [1.54, 1.807) is 11.8 Å². The van der Waals surface area contributed by atoms with Crippen LogP contribution in [0.1, 0.15) is 19.8 Å². The quantitative estimate of drug-likeness (QED) is 0.562. The van der Waals surface area contributed by atoms with Crippen molar-refractivity contribution in [3.63, 3.8) is 0 Å². The van der Waals surface area contributed by atoms with Gasteiger partial charge in [-0.25, -0.2) is 0 Å². The molecule has 0 spiro atoms. The van der Waals surface area contributed by atoms with E-state index >= 15 is 0 Å². The van der Waals surface area contributed by atoms with Gasteiger partial charge in [0.2, 0.25) is 5.91 Å². The molecule has 5 heteroatoms. The van der Waals surface area contributed by atoms with Crippen molar-refractivity contribution in [1.29, 1.82) is 0 Å². The summed E-state index contributed by atoms with van der Waals surface area (Å²) in [4.78, 5) is 11.7. The number of carbonyl (C=O) groups is 1. The minimum absolute atomic E-state index is 0.00226. The largest absolute Gasteiger partial charge is 0.396 e. The fourth-order valence-electron chi connectivity index (χ4n) is 1.81. The van der Waals surface area contributed by atoms with E-state index in [-0.39, 0.29) is 18.6 Å². The van der Waals surface area contributed by atoms with Gasteiger partial charge >= 0.3 is 0 Å². The van der Waals surface area contributed by atoms with Gasteiger partial charge in [0.25, 0.3) is 0 Å². The molecule has 0 aliphatic carbocycles. The number of aliphatic hydroxyl groups is 1. The van der Waals surface area contributed by atoms with Gasteiger partial charge < -0.3 is 15.7 Å². The van der Waals surface area contributed by atoms with E-state index in [1.807, 2.05) is 0 Å². The number of rotatable bonds is 7. The predicted molar refractivity (Wildman–Crippen MR) is 67.6 cm³/mol. The summed E-state index contributed by atoms with van der Waals surface area (Å²) in [5.41, 5.74) is 0. The molecule has 1 fully saturated rings. The maximum atomic E-state index is 11.7. The van der Waals surface area contributed by atoms with E-state index in [0.717, 1.165) is 37.4 Å². The summed E-state index contributed by atoms with van der Waals surface area (Å²) in [6, 6.07) is 0.00226. The first-order valence-corrected chi connectivity index (χ1v) is 7.11. The van der Waals surface area contributed by atoms with Crippen molar-refractivity contribution in [3.05, 3.63) is 0 Å². The number of amides is 1. The van der Waals surface area contributed by atoms with Gasteiger partial charge in [0.1, 0.15) is 0 Å². The second-order valence-electron chi connectivity index (χ2n) is 4.18. The molecule has 1 heterocycles. The Morgan fingerprint density at radius 3 is 3.00 bits per heavy atom. The van der Waals surface area contributed by atoms with Gasteiger partial charge in [0, 0.05) is 18.9 Å². The Bertz CT molecular complexity index is 214. The molecule has 3 N–H and O–H groups in total. The average Bonchev–Trinajstić information content (AvgIpc) is 2.69. The van der Waals surface area contributed by atoms with Crippen LogP contribution in [-0.2, 0) is 4.79 Å². The highest BCUT2D eigenvalue weighted by Crippen LogP contribution is 2.14. The molecule has 0 radical (unpaired) electrons. The van der Waals surface area contributed by atoms with Gasteiger partial charge in [0.15, 0.2) is 0 Å². The van der Waals surface area contributed by atoms with Crippen LogP contribution in [0, 0.1) is 5.92 Å². The van der Waals surface area contributed by atoms with Crippen LogP contribution >= 0.6 is 11.8 Å². The lowest BCUT2D eigenvalue weighted by Crippen LogP contribution is -2.43. The van der Waals surface area contributed by atoms with Crippen LogP contribution in [-0.4, -0.2) is 48.3 Å². The molecular weight excluding hydrogens is 224 g/mol. The Kier molecular flexibility index (Phi) is 6.84. The maximum absolute atomic E-state index is 11.7. The van der Waals surface area contributed by atoms with Crippen molar-refractivity contribution in [2.45, 2.75) is 25.8 Å². The van der Waals surface area contributed by atoms with Crippen LogP contribution in [0.2, 0.25) is 0 Å². The molecule has 2 atom stereocenters. The molecule has 1 saturated heterocycles. The highest BCUT2D eigenvalue weighted by molar-refractivity contribution is 7.99. The topological polar surface area (TPSA) is 61.4 Å². The Morgan fingerprint density at radius 1 is 1.56 bits per heavy atom. The lowest BCUT2D eigenvalue weighted by Gasteiger charge is -2.15. The second kappa shape index (κ2) is 7.92. The first-order valence-electron chi connectivity index (χ1n) is 5.95. The molecule has 1 rings (SSSR count). The van der Waals surface area contributed by atoms with E-state index in [1.165, 1.54) is 0 Å². The summed E-state index contributed by atoms with van der Waals surface area (Å²) in [6.45, 7) is 4.04. The molecule has 2 unspecified atom stereocenters. The molecule has 4 nitrogen and oxygen atoms in total. The SMILES string of the molecule is CC1CCNC1C(=O)NCCSCCCO. The summed E-state index contributed by atoms with van der Waals surface area (Å²) in [7, 11) is 0. The number of hydrogen-bond donors (Lipinski definition) is 3. The predicted octanol–water partition coefficient (Wildman–Crippen LogP) is 0.216. The Morgan fingerprint density at radius 2 is 2.38 bits per heavy atom. The molecular formula is C11H22N2O2S. The molecule has 0 aromatic rings. The molecule has 1 amide bonds. The molecule has 0 aromatic heterocycles. The van der Waals surface area contributed by atoms with E-state index < -0.39 is 0 Å². The van der Waals surface area contributed by atoms with Gasteiger partial charge in [-0.1, -0.05) is 6.92 Å². The van der Waals surface area contributed by atoms with Gasteiger partial charge in [-0.15, -0.1) is 0 Å². The van der Waals surface area contributed by atoms with Crippen LogP contribution in [0.5, 0.6) is 0 Å². The van der Waals surface area contributed by atoms with Crippen LogP contribution in [0.25, 0.3) is 0 Å². The summed E-state index contributed by atoms with van der Waals surface area (Å²) >= 11 is 1.77. The number of aliphatic hydroxyl groups excluding tert-OH is 1. The van der Waals surface area contributed by atoms with Crippen LogP contribution in [0.3, 0.4) is 0 Å². The third kappa shape index (κ3) is 4.72. The summed E-state index contributed by atoms with van der Waals surface area (Å²) in [6.07, 6.45) is 1.92. The van der Waals surface area contributed by atoms with Crippen LogP contribution in [0.15, 0.2) is 0 Å². The van der Waals surface area contributed by atoms with E-state index in [9.17, 15) is 4.79 Å². The Hall–Kier alpha value is -0.260. The molecule has 1 aliphatic rings. The van der Waals surface area contributed by atoms with E-state index in [2.05, 4.69) is 17.6 Å². The van der Waals surface area contributed by atoms with Crippen molar-refractivity contribution in [3.8, 4) is 0 Å². The summed E-state index contributed by atoms with van der Waals surface area (Å²) < 4.78 is 0. The van der Waals surface area contributed by atoms with E-state index in [4.69, 9.17) is 5.11 Å². The zero-order chi connectivity index (χ0) is 11.8. The fraction of sp³-hybridized carbons (Fsp3) is 0.909. The zero-order valence-corrected chi connectivity index (χ0v) is 10.7. The van der Waals surface area contributed by atoms with Crippen LogP contribution < -0.4 is 10.6 Å². The smallest absolute Gasteiger partial charge is 0.237 e. The van der Waals surface area contributed by atoms with E-state index in [0.29, 0.717) is 5.92 Å². The van der Waals surface area contributed by atoms with Gasteiger partial charge in [-0.3, -0.25) is 4.79 Å². The lowest BCUT2D eigenvalue weighted by atomic mass is 10.0. The highest BCUT2D eigenvalue weighted by atomic mass is 32.2. The average molecular weight is 246 g/mol. The standard InChI is InChI=1S/C11H22N2O2S/c1-9-3-4-12-10(9)11(15)13-5-8-16-7-2-6-14/h9-10,12,14H,2-8H2,1H3,(H,13,15). The van der Waals surface area contributed by atoms with Crippen molar-refractivity contribution in [2.24, 2.45) is 5.92 Å². The normalized spacial score (nSPS) is 24.6. The van der Waals surface area contributed by atoms with Crippen molar-refractivity contribution in [1.82, 2.24) is 10.6 Å². The first-order chi connectivity index (χ1) is 7.75. The monoisotopic (exact) mass is 246 g/mol. The van der Waals surface area contributed by atoms with Gasteiger partial charge in [0.05, 0.1) is 6.04 Å². The molecule has 0 bridgehead atoms. The number of carbonyl (C=O) groups excluding carboxylic acids is 1. The maximum Gasteiger partial charge on any atom is 0.237 e. The van der Waals surface area contributed by atoms with Crippen molar-refractivity contribution >= 4 is 17.7 Å². The lowest BCUT2D eigenvalue weighted by molar-refractivity contribution is -0.123. The highest BCUT2D eigenvalue weighted by Gasteiger charge is 2.28. The first kappa shape index (κ1) is 13.8. The van der Waals surface area contributed by atoms with Gasteiger partial charge in [-0.05, 0) is 31.1 Å². The molecule has 16 heavy (non-hydrogen) atoms. The van der Waals surface area contributed by atoms with Gasteiger partial charge in [-0.2, -0.15) is 11.8 Å². The van der Waals surface area contributed by atoms with Crippen molar-refractivity contribution in [2.75, 3.05) is 31.2 Å². The number of thioether (sulfide) groups is 1. The number of hydrogen-bond acceptors (Lipinski definition) is 4. The fourth-order valence-corrected chi connectivity index (χ4v) is 2.59. The minimum atomic E-state index is 0.00226. The third-order valence-corrected chi connectivity index (χ3v) is 3.88. The minimum Gasteiger partial charge on any atom is -0.396 e. The second-order valence-corrected chi connectivity index (χ2v) is 5.40. The summed E-state index contributed by atoms with van der Waals surface area (Å²) in [5, 5.41) is 14.8. The molecule has 1 aliphatic heterocycles. The molecule has 94 valence electrons. The third-order valence-electron chi connectivity index (χ3n) is 2.81. The van der Waals surface area contributed by atoms with Crippen molar-refractivity contribution < 1.29 is 9.90 Å². The number of nitrogens with one attached hydrogen (secondary N) is 2. The molecule has 0 aromatic carbocycles. The Balaban J connectivity index is 2.02. The molecule has 0 saturated carbocycles. The van der Waals surface area contributed by atoms with Crippen LogP contribution in [0.4, 0.5) is 0 Å². The zero-order valence-electron chi connectivity index (χ0n) is 9.87. The summed E-state index contributed by atoms with van der Waals surface area (Å²) in [5.74, 6) is 2.46.